The fourth-order valence-electron chi connectivity index (χ4n) is 2.11. The third kappa shape index (κ3) is 5.25. The van der Waals surface area contributed by atoms with Crippen LogP contribution in [0.5, 0.6) is 5.75 Å². The number of hydrogen-bond acceptors (Lipinski definition) is 4. The molecule has 0 amide bonds. The highest BCUT2D eigenvalue weighted by molar-refractivity contribution is 5.33. The van der Waals surface area contributed by atoms with Crippen LogP contribution < -0.4 is 10.1 Å². The Hall–Kier alpha value is -1.78. The lowest BCUT2D eigenvalue weighted by Gasteiger charge is -2.17. The van der Waals surface area contributed by atoms with Gasteiger partial charge in [-0.05, 0) is 31.8 Å². The molecule has 1 heterocycles. The summed E-state index contributed by atoms with van der Waals surface area (Å²) in [5.41, 5.74) is 1.20. The molecule has 1 N–H and O–H groups in total. The molecule has 0 bridgehead atoms. The smallest absolute Gasteiger partial charge is 0.123 e. The number of para-hydroxylation sites is 1. The second-order valence-electron chi connectivity index (χ2n) is 5.05. The number of ether oxygens (including phenoxy) is 1. The molecule has 0 aliphatic rings. The van der Waals surface area contributed by atoms with E-state index in [-0.39, 0.29) is 0 Å². The highest BCUT2D eigenvalue weighted by Gasteiger charge is 2.05. The van der Waals surface area contributed by atoms with Crippen molar-refractivity contribution in [1.29, 1.82) is 0 Å². The molecule has 1 aromatic heterocycles. The van der Waals surface area contributed by atoms with Crippen molar-refractivity contribution in [2.45, 2.75) is 20.0 Å². The molecule has 2 aromatic rings. The van der Waals surface area contributed by atoms with Crippen molar-refractivity contribution in [1.82, 2.24) is 10.2 Å². The maximum Gasteiger partial charge on any atom is 0.123 e. The zero-order chi connectivity index (χ0) is 14.9. The zero-order valence-electron chi connectivity index (χ0n) is 12.8. The second-order valence-corrected chi connectivity index (χ2v) is 5.05. The minimum Gasteiger partial charge on any atom is -0.492 e. The van der Waals surface area contributed by atoms with E-state index in [2.05, 4.69) is 30.3 Å². The van der Waals surface area contributed by atoms with Gasteiger partial charge in [0.1, 0.15) is 18.1 Å². The molecule has 0 aliphatic heterocycles. The van der Waals surface area contributed by atoms with Crippen molar-refractivity contribution >= 4 is 0 Å². The van der Waals surface area contributed by atoms with Crippen molar-refractivity contribution in [2.75, 3.05) is 26.7 Å². The van der Waals surface area contributed by atoms with E-state index in [4.69, 9.17) is 9.15 Å². The number of nitrogens with zero attached hydrogens (tertiary/aromatic N) is 1. The van der Waals surface area contributed by atoms with Gasteiger partial charge in [-0.2, -0.15) is 0 Å². The highest BCUT2D eigenvalue weighted by Crippen LogP contribution is 2.17. The van der Waals surface area contributed by atoms with Gasteiger partial charge in [-0.25, -0.2) is 0 Å². The SMILES string of the molecule is CCNCc1ccccc1OCCN(C)Cc1ccco1. The summed E-state index contributed by atoms with van der Waals surface area (Å²) in [5, 5.41) is 3.33. The lowest BCUT2D eigenvalue weighted by Crippen LogP contribution is -2.24. The summed E-state index contributed by atoms with van der Waals surface area (Å²) < 4.78 is 11.3. The Morgan fingerprint density at radius 1 is 1.19 bits per heavy atom. The Bertz CT molecular complexity index is 511. The topological polar surface area (TPSA) is 37.6 Å². The molecule has 0 aliphatic carbocycles. The molecule has 0 saturated heterocycles. The normalized spacial score (nSPS) is 11.0. The quantitative estimate of drug-likeness (QED) is 0.770. The summed E-state index contributed by atoms with van der Waals surface area (Å²) in [6.45, 7) is 6.23. The fourth-order valence-corrected chi connectivity index (χ4v) is 2.11. The lowest BCUT2D eigenvalue weighted by atomic mass is 10.2. The van der Waals surface area contributed by atoms with Crippen LogP contribution in [0.25, 0.3) is 0 Å². The molecule has 4 heteroatoms. The van der Waals surface area contributed by atoms with E-state index in [0.29, 0.717) is 6.61 Å². The first-order valence-corrected chi connectivity index (χ1v) is 7.42. The first kappa shape index (κ1) is 15.6. The Labute approximate surface area is 126 Å². The van der Waals surface area contributed by atoms with Gasteiger partial charge in [-0.1, -0.05) is 25.1 Å². The summed E-state index contributed by atoms with van der Waals surface area (Å²) in [6.07, 6.45) is 1.71. The molecule has 0 radical (unpaired) electrons. The molecular formula is C17H24N2O2. The largest absolute Gasteiger partial charge is 0.492 e. The van der Waals surface area contributed by atoms with E-state index >= 15 is 0 Å². The number of hydrogen-bond donors (Lipinski definition) is 1. The van der Waals surface area contributed by atoms with Crippen LogP contribution in [0.15, 0.2) is 47.1 Å². The maximum absolute atomic E-state index is 5.91. The maximum atomic E-state index is 5.91. The van der Waals surface area contributed by atoms with Crippen LogP contribution in [0.3, 0.4) is 0 Å². The van der Waals surface area contributed by atoms with Gasteiger partial charge in [0.25, 0.3) is 0 Å². The van der Waals surface area contributed by atoms with E-state index in [1.54, 1.807) is 6.26 Å². The number of nitrogens with one attached hydrogen (secondary N) is 1. The number of furan rings is 1. The van der Waals surface area contributed by atoms with E-state index < -0.39 is 0 Å². The Balaban J connectivity index is 1.77. The standard InChI is InChI=1S/C17H24N2O2/c1-3-18-13-15-7-4-5-9-17(15)21-12-10-19(2)14-16-8-6-11-20-16/h4-9,11,18H,3,10,12-14H2,1-2H3. The molecule has 2 rings (SSSR count). The summed E-state index contributed by atoms with van der Waals surface area (Å²) >= 11 is 0. The van der Waals surface area contributed by atoms with Crippen LogP contribution in [-0.4, -0.2) is 31.6 Å². The van der Waals surface area contributed by atoms with E-state index in [1.807, 2.05) is 30.3 Å². The Morgan fingerprint density at radius 2 is 2.05 bits per heavy atom. The molecule has 0 spiro atoms. The van der Waals surface area contributed by atoms with Gasteiger partial charge in [0.05, 0.1) is 12.8 Å². The summed E-state index contributed by atoms with van der Waals surface area (Å²) in [5.74, 6) is 1.94. The zero-order valence-corrected chi connectivity index (χ0v) is 12.8. The first-order chi connectivity index (χ1) is 10.3. The Kier molecular flexibility index (Phi) is 6.31. The predicted octanol–water partition coefficient (Wildman–Crippen LogP) is 2.90. The molecule has 1 aromatic carbocycles. The average Bonchev–Trinajstić information content (AvgIpc) is 2.99. The minimum absolute atomic E-state index is 0.667. The van der Waals surface area contributed by atoms with Crippen molar-refractivity contribution < 1.29 is 9.15 Å². The molecular weight excluding hydrogens is 264 g/mol. The van der Waals surface area contributed by atoms with Gasteiger partial charge in [-0.3, -0.25) is 4.90 Å². The molecule has 0 atom stereocenters. The lowest BCUT2D eigenvalue weighted by molar-refractivity contribution is 0.221. The van der Waals surface area contributed by atoms with E-state index in [0.717, 1.165) is 37.7 Å². The highest BCUT2D eigenvalue weighted by atomic mass is 16.5. The summed E-state index contributed by atoms with van der Waals surface area (Å²) in [4.78, 5) is 2.19. The van der Waals surface area contributed by atoms with Crippen LogP contribution in [-0.2, 0) is 13.1 Å². The second kappa shape index (κ2) is 8.49. The molecule has 0 fully saturated rings. The van der Waals surface area contributed by atoms with Crippen LogP contribution in [0.4, 0.5) is 0 Å². The third-order valence-electron chi connectivity index (χ3n) is 3.27. The Morgan fingerprint density at radius 3 is 2.81 bits per heavy atom. The fraction of sp³-hybridized carbons (Fsp3) is 0.412. The van der Waals surface area contributed by atoms with Crippen molar-refractivity contribution in [2.24, 2.45) is 0 Å². The molecule has 4 nitrogen and oxygen atoms in total. The minimum atomic E-state index is 0.667. The van der Waals surface area contributed by atoms with E-state index in [9.17, 15) is 0 Å². The summed E-state index contributed by atoms with van der Waals surface area (Å²) in [6, 6.07) is 12.1. The predicted molar refractivity (Wildman–Crippen MR) is 84.4 cm³/mol. The van der Waals surface area contributed by atoms with Gasteiger partial charge < -0.3 is 14.5 Å². The van der Waals surface area contributed by atoms with Crippen LogP contribution >= 0.6 is 0 Å². The van der Waals surface area contributed by atoms with Gasteiger partial charge in [0.15, 0.2) is 0 Å². The molecule has 21 heavy (non-hydrogen) atoms. The van der Waals surface area contributed by atoms with Crippen molar-refractivity contribution in [3.8, 4) is 5.75 Å². The molecule has 0 saturated carbocycles. The van der Waals surface area contributed by atoms with E-state index in [1.165, 1.54) is 5.56 Å². The summed E-state index contributed by atoms with van der Waals surface area (Å²) in [7, 11) is 2.07. The molecule has 114 valence electrons. The van der Waals surface area contributed by atoms with Gasteiger partial charge >= 0.3 is 0 Å². The first-order valence-electron chi connectivity index (χ1n) is 7.42. The monoisotopic (exact) mass is 288 g/mol. The molecule has 0 unspecified atom stereocenters. The number of benzene rings is 1. The number of likely N-dealkylation sites (N-methyl/N-ethyl adjacent to an activating group) is 1. The number of rotatable bonds is 9. The van der Waals surface area contributed by atoms with Gasteiger partial charge in [-0.15, -0.1) is 0 Å². The van der Waals surface area contributed by atoms with Crippen LogP contribution in [0.2, 0.25) is 0 Å². The van der Waals surface area contributed by atoms with Crippen molar-refractivity contribution in [3.63, 3.8) is 0 Å². The van der Waals surface area contributed by atoms with Gasteiger partial charge in [0.2, 0.25) is 0 Å². The average molecular weight is 288 g/mol. The van der Waals surface area contributed by atoms with Crippen LogP contribution in [0, 0.1) is 0 Å². The third-order valence-corrected chi connectivity index (χ3v) is 3.27. The van der Waals surface area contributed by atoms with Gasteiger partial charge in [0, 0.05) is 18.7 Å². The van der Waals surface area contributed by atoms with Crippen LogP contribution in [0.1, 0.15) is 18.2 Å². The van der Waals surface area contributed by atoms with Crippen molar-refractivity contribution in [3.05, 3.63) is 54.0 Å².